The summed E-state index contributed by atoms with van der Waals surface area (Å²) in [6.45, 7) is 12.4. The van der Waals surface area contributed by atoms with Crippen LogP contribution in [0.2, 0.25) is 0 Å². The average molecular weight is 273 g/mol. The van der Waals surface area contributed by atoms with Gasteiger partial charge in [-0.3, -0.25) is 9.80 Å². The van der Waals surface area contributed by atoms with Gasteiger partial charge in [0.25, 0.3) is 0 Å². The van der Waals surface area contributed by atoms with E-state index in [-0.39, 0.29) is 0 Å². The number of rotatable bonds is 9. The minimum Gasteiger partial charge on any atom is -0.329 e. The SMILES string of the molecule is CCSCCC(CN)N1CCC(N(CC)CC)C1. The van der Waals surface area contributed by atoms with E-state index >= 15 is 0 Å². The number of hydrogen-bond donors (Lipinski definition) is 1. The van der Waals surface area contributed by atoms with Gasteiger partial charge in [-0.2, -0.15) is 11.8 Å². The Hall–Kier alpha value is 0.230. The van der Waals surface area contributed by atoms with Gasteiger partial charge in [0.05, 0.1) is 0 Å². The molecule has 0 bridgehead atoms. The van der Waals surface area contributed by atoms with E-state index in [1.165, 1.54) is 50.5 Å². The fourth-order valence-corrected chi connectivity index (χ4v) is 3.68. The molecule has 1 aliphatic heterocycles. The van der Waals surface area contributed by atoms with E-state index in [1.807, 2.05) is 11.8 Å². The predicted octanol–water partition coefficient (Wildman–Crippen LogP) is 1.87. The molecule has 1 saturated heterocycles. The molecule has 1 aliphatic rings. The molecule has 1 fully saturated rings. The summed E-state index contributed by atoms with van der Waals surface area (Å²) in [5, 5.41) is 0. The molecule has 4 heteroatoms. The lowest BCUT2D eigenvalue weighted by Crippen LogP contribution is -2.43. The van der Waals surface area contributed by atoms with Gasteiger partial charge in [0.15, 0.2) is 0 Å². The van der Waals surface area contributed by atoms with E-state index in [2.05, 4.69) is 30.6 Å². The highest BCUT2D eigenvalue weighted by Crippen LogP contribution is 2.19. The Morgan fingerprint density at radius 1 is 1.33 bits per heavy atom. The van der Waals surface area contributed by atoms with Crippen LogP contribution in [0.25, 0.3) is 0 Å². The van der Waals surface area contributed by atoms with Gasteiger partial charge < -0.3 is 5.73 Å². The van der Waals surface area contributed by atoms with Crippen LogP contribution < -0.4 is 5.73 Å². The van der Waals surface area contributed by atoms with Gasteiger partial charge in [-0.15, -0.1) is 0 Å². The molecule has 0 aliphatic carbocycles. The fourth-order valence-electron chi connectivity index (χ4n) is 2.95. The zero-order valence-corrected chi connectivity index (χ0v) is 13.2. The Bertz CT molecular complexity index is 209. The Balaban J connectivity index is 2.37. The summed E-state index contributed by atoms with van der Waals surface area (Å²) in [4.78, 5) is 5.22. The Morgan fingerprint density at radius 3 is 2.61 bits per heavy atom. The average Bonchev–Trinajstić information content (AvgIpc) is 2.86. The number of hydrogen-bond acceptors (Lipinski definition) is 4. The van der Waals surface area contributed by atoms with Crippen molar-refractivity contribution in [1.29, 1.82) is 0 Å². The first-order valence-electron chi connectivity index (χ1n) is 7.52. The molecule has 2 atom stereocenters. The molecule has 0 aromatic rings. The van der Waals surface area contributed by atoms with E-state index in [9.17, 15) is 0 Å². The molecule has 0 spiro atoms. The maximum atomic E-state index is 5.96. The largest absolute Gasteiger partial charge is 0.329 e. The van der Waals surface area contributed by atoms with Gasteiger partial charge in [0.2, 0.25) is 0 Å². The molecule has 0 amide bonds. The van der Waals surface area contributed by atoms with Gasteiger partial charge in [0, 0.05) is 31.7 Å². The van der Waals surface area contributed by atoms with Crippen molar-refractivity contribution < 1.29 is 0 Å². The summed E-state index contributed by atoms with van der Waals surface area (Å²) < 4.78 is 0. The van der Waals surface area contributed by atoms with E-state index in [4.69, 9.17) is 5.73 Å². The van der Waals surface area contributed by atoms with E-state index in [1.54, 1.807) is 0 Å². The molecule has 0 saturated carbocycles. The van der Waals surface area contributed by atoms with Crippen molar-refractivity contribution >= 4 is 11.8 Å². The second-order valence-corrected chi connectivity index (χ2v) is 6.43. The van der Waals surface area contributed by atoms with Gasteiger partial charge in [-0.1, -0.05) is 20.8 Å². The summed E-state index contributed by atoms with van der Waals surface area (Å²) in [7, 11) is 0. The van der Waals surface area contributed by atoms with Crippen LogP contribution in [0.5, 0.6) is 0 Å². The topological polar surface area (TPSA) is 32.5 Å². The minimum atomic E-state index is 0.601. The summed E-state index contributed by atoms with van der Waals surface area (Å²) in [5.41, 5.74) is 5.96. The van der Waals surface area contributed by atoms with E-state index in [0.717, 1.165) is 12.6 Å². The number of nitrogens with two attached hydrogens (primary N) is 1. The van der Waals surface area contributed by atoms with Gasteiger partial charge in [-0.05, 0) is 37.4 Å². The number of nitrogens with zero attached hydrogens (tertiary/aromatic N) is 2. The van der Waals surface area contributed by atoms with Crippen molar-refractivity contribution in [2.45, 2.75) is 45.7 Å². The number of likely N-dealkylation sites (N-methyl/N-ethyl adjacent to an activating group) is 1. The smallest absolute Gasteiger partial charge is 0.0235 e. The van der Waals surface area contributed by atoms with Crippen LogP contribution in [0.1, 0.15) is 33.6 Å². The highest BCUT2D eigenvalue weighted by atomic mass is 32.2. The maximum absolute atomic E-state index is 5.96. The lowest BCUT2D eigenvalue weighted by atomic mass is 10.2. The number of likely N-dealkylation sites (tertiary alicyclic amines) is 1. The lowest BCUT2D eigenvalue weighted by Gasteiger charge is -2.29. The normalized spacial score (nSPS) is 22.8. The lowest BCUT2D eigenvalue weighted by molar-refractivity contribution is 0.187. The van der Waals surface area contributed by atoms with Crippen molar-refractivity contribution in [3.8, 4) is 0 Å². The first-order valence-corrected chi connectivity index (χ1v) is 8.68. The van der Waals surface area contributed by atoms with Crippen LogP contribution in [-0.4, -0.2) is 66.1 Å². The zero-order valence-electron chi connectivity index (χ0n) is 12.4. The van der Waals surface area contributed by atoms with Crippen LogP contribution in [0.4, 0.5) is 0 Å². The van der Waals surface area contributed by atoms with Gasteiger partial charge in [-0.25, -0.2) is 0 Å². The Labute approximate surface area is 117 Å². The second kappa shape index (κ2) is 9.18. The highest BCUT2D eigenvalue weighted by Gasteiger charge is 2.29. The fraction of sp³-hybridized carbons (Fsp3) is 1.00. The summed E-state index contributed by atoms with van der Waals surface area (Å²) in [6.07, 6.45) is 2.57. The van der Waals surface area contributed by atoms with Crippen molar-refractivity contribution in [3.63, 3.8) is 0 Å². The van der Waals surface area contributed by atoms with Crippen LogP contribution in [-0.2, 0) is 0 Å². The molecule has 1 rings (SSSR count). The summed E-state index contributed by atoms with van der Waals surface area (Å²) >= 11 is 2.03. The second-order valence-electron chi connectivity index (χ2n) is 5.03. The third-order valence-corrected chi connectivity index (χ3v) is 5.04. The predicted molar refractivity (Wildman–Crippen MR) is 83.4 cm³/mol. The molecule has 1 heterocycles. The molecule has 0 aromatic heterocycles. The molecule has 108 valence electrons. The Kier molecular flexibility index (Phi) is 8.31. The standard InChI is InChI=1S/C14H31N3S/c1-4-16(5-2)14-7-9-17(12-14)13(11-15)8-10-18-6-3/h13-14H,4-12,15H2,1-3H3. The molecule has 2 N–H and O–H groups in total. The van der Waals surface area contributed by atoms with Crippen molar-refractivity contribution in [2.75, 3.05) is 44.2 Å². The van der Waals surface area contributed by atoms with Crippen molar-refractivity contribution in [3.05, 3.63) is 0 Å². The van der Waals surface area contributed by atoms with Crippen LogP contribution in [0.3, 0.4) is 0 Å². The molecule has 3 nitrogen and oxygen atoms in total. The summed E-state index contributed by atoms with van der Waals surface area (Å²) in [5.74, 6) is 2.48. The first-order chi connectivity index (χ1) is 8.76. The summed E-state index contributed by atoms with van der Waals surface area (Å²) in [6, 6.07) is 1.36. The van der Waals surface area contributed by atoms with Crippen molar-refractivity contribution in [1.82, 2.24) is 9.80 Å². The Morgan fingerprint density at radius 2 is 2.06 bits per heavy atom. The molecule has 18 heavy (non-hydrogen) atoms. The van der Waals surface area contributed by atoms with Crippen LogP contribution in [0.15, 0.2) is 0 Å². The van der Waals surface area contributed by atoms with Gasteiger partial charge >= 0.3 is 0 Å². The van der Waals surface area contributed by atoms with E-state index < -0.39 is 0 Å². The quantitative estimate of drug-likeness (QED) is 0.650. The molecule has 0 radical (unpaired) electrons. The molecular weight excluding hydrogens is 242 g/mol. The highest BCUT2D eigenvalue weighted by molar-refractivity contribution is 7.99. The zero-order chi connectivity index (χ0) is 13.4. The third kappa shape index (κ3) is 4.72. The van der Waals surface area contributed by atoms with Crippen LogP contribution in [0, 0.1) is 0 Å². The minimum absolute atomic E-state index is 0.601. The van der Waals surface area contributed by atoms with Crippen LogP contribution >= 0.6 is 11.8 Å². The van der Waals surface area contributed by atoms with Gasteiger partial charge in [0.1, 0.15) is 0 Å². The third-order valence-electron chi connectivity index (χ3n) is 4.11. The number of thioether (sulfide) groups is 1. The van der Waals surface area contributed by atoms with E-state index in [0.29, 0.717) is 6.04 Å². The molecule has 0 aromatic carbocycles. The van der Waals surface area contributed by atoms with Crippen molar-refractivity contribution in [2.24, 2.45) is 5.73 Å². The molecule has 2 unspecified atom stereocenters. The first kappa shape index (κ1) is 16.3. The monoisotopic (exact) mass is 273 g/mol. The molecular formula is C14H31N3S. The maximum Gasteiger partial charge on any atom is 0.0235 e.